The third-order valence-corrected chi connectivity index (χ3v) is 9.37. The first kappa shape index (κ1) is 24.0. The van der Waals surface area contributed by atoms with Gasteiger partial charge in [-0.1, -0.05) is 182 Å². The van der Waals surface area contributed by atoms with E-state index in [1.54, 1.807) is 0 Å². The first-order valence-electron chi connectivity index (χ1n) is 18.3. The van der Waals surface area contributed by atoms with Crippen molar-refractivity contribution in [3.63, 3.8) is 0 Å². The molecular weight excluding hydrogens is 577 g/mol. The summed E-state index contributed by atoms with van der Waals surface area (Å²) < 4.78 is 36.8. The Hall–Kier alpha value is -6.24. The fraction of sp³-hybridized carbons (Fsp3) is 0. The van der Waals surface area contributed by atoms with Gasteiger partial charge < -0.3 is 0 Å². The van der Waals surface area contributed by atoms with Gasteiger partial charge in [-0.2, -0.15) is 0 Å². The molecule has 0 saturated heterocycles. The summed E-state index contributed by atoms with van der Waals surface area (Å²) in [6.07, 6.45) is 0. The maximum atomic E-state index is 9.58. The summed E-state index contributed by atoms with van der Waals surface area (Å²) in [7, 11) is 0. The SMILES string of the molecule is [2H]c1c([2H])c([2H])c2c(-c3c(-c4ccccc4)cc(-c4cccc5ccccc45)cc3-c3ccccc3)c3ccccc3c(-c3ccccc3)c2c1[2H]. The molecule has 0 heteroatoms. The second kappa shape index (κ2) is 11.8. The molecule has 0 nitrogen and oxygen atoms in total. The van der Waals surface area contributed by atoms with Crippen molar-refractivity contribution in [3.05, 3.63) is 194 Å². The third kappa shape index (κ3) is 4.70. The van der Waals surface area contributed by atoms with E-state index in [4.69, 9.17) is 2.74 Å². The van der Waals surface area contributed by atoms with Crippen LogP contribution >= 0.6 is 0 Å². The number of benzene rings is 9. The molecule has 48 heavy (non-hydrogen) atoms. The lowest BCUT2D eigenvalue weighted by Crippen LogP contribution is -1.96. The van der Waals surface area contributed by atoms with Crippen LogP contribution in [-0.2, 0) is 0 Å². The van der Waals surface area contributed by atoms with Crippen LogP contribution in [-0.4, -0.2) is 0 Å². The van der Waals surface area contributed by atoms with Gasteiger partial charge in [0.15, 0.2) is 0 Å². The number of hydrogen-bond donors (Lipinski definition) is 0. The summed E-state index contributed by atoms with van der Waals surface area (Å²) in [4.78, 5) is 0. The predicted octanol–water partition coefficient (Wildman–Crippen LogP) is 13.5. The van der Waals surface area contributed by atoms with Crippen molar-refractivity contribution in [3.8, 4) is 55.6 Å². The summed E-state index contributed by atoms with van der Waals surface area (Å²) in [5.41, 5.74) is 9.60. The highest BCUT2D eigenvalue weighted by Gasteiger charge is 2.23. The van der Waals surface area contributed by atoms with Crippen LogP contribution in [0, 0.1) is 0 Å². The highest BCUT2D eigenvalue weighted by atomic mass is 14.3. The van der Waals surface area contributed by atoms with Gasteiger partial charge >= 0.3 is 0 Å². The largest absolute Gasteiger partial charge is 0.0629 e. The van der Waals surface area contributed by atoms with Crippen LogP contribution in [0.5, 0.6) is 0 Å². The van der Waals surface area contributed by atoms with E-state index in [0.717, 1.165) is 77.2 Å². The van der Waals surface area contributed by atoms with Gasteiger partial charge in [-0.05, 0) is 100 Å². The van der Waals surface area contributed by atoms with Crippen molar-refractivity contribution in [2.75, 3.05) is 0 Å². The summed E-state index contributed by atoms with van der Waals surface area (Å²) >= 11 is 0. The van der Waals surface area contributed by atoms with Crippen LogP contribution in [0.25, 0.3) is 88.0 Å². The first-order valence-corrected chi connectivity index (χ1v) is 16.3. The van der Waals surface area contributed by atoms with E-state index in [-0.39, 0.29) is 24.2 Å². The Bertz CT molecular complexity index is 2740. The van der Waals surface area contributed by atoms with Crippen molar-refractivity contribution in [1.29, 1.82) is 0 Å². The predicted molar refractivity (Wildman–Crippen MR) is 206 cm³/mol. The molecule has 0 aliphatic heterocycles. The molecule has 0 saturated carbocycles. The molecule has 0 heterocycles. The van der Waals surface area contributed by atoms with Gasteiger partial charge in [-0.15, -0.1) is 0 Å². The average Bonchev–Trinajstić information content (AvgIpc) is 3.21. The van der Waals surface area contributed by atoms with Crippen LogP contribution in [0.2, 0.25) is 0 Å². The molecule has 0 spiro atoms. The molecule has 224 valence electrons. The summed E-state index contributed by atoms with van der Waals surface area (Å²) in [6, 6.07) is 57.7. The second-order valence-corrected chi connectivity index (χ2v) is 12.1. The second-order valence-electron chi connectivity index (χ2n) is 12.1. The van der Waals surface area contributed by atoms with Crippen LogP contribution in [0.15, 0.2) is 194 Å². The molecule has 0 N–H and O–H groups in total. The zero-order valence-corrected chi connectivity index (χ0v) is 26.2. The highest BCUT2D eigenvalue weighted by molar-refractivity contribution is 6.24. The lowest BCUT2D eigenvalue weighted by Gasteiger charge is -2.23. The zero-order chi connectivity index (χ0) is 35.3. The first-order chi connectivity index (χ1) is 25.5. The average molecular weight is 613 g/mol. The third-order valence-electron chi connectivity index (χ3n) is 9.37. The lowest BCUT2D eigenvalue weighted by atomic mass is 9.79. The Labute approximate surface area is 286 Å². The molecule has 9 aromatic rings. The fourth-order valence-electron chi connectivity index (χ4n) is 7.28. The van der Waals surface area contributed by atoms with E-state index in [1.807, 2.05) is 78.9 Å². The molecule has 0 aliphatic rings. The number of hydrogen-bond acceptors (Lipinski definition) is 0. The van der Waals surface area contributed by atoms with Crippen molar-refractivity contribution in [2.45, 2.75) is 0 Å². The van der Waals surface area contributed by atoms with Crippen LogP contribution < -0.4 is 0 Å². The smallest absolute Gasteiger partial charge is 0.0622 e. The van der Waals surface area contributed by atoms with Crippen LogP contribution in [0.3, 0.4) is 0 Å². The quantitative estimate of drug-likeness (QED) is 0.170. The van der Waals surface area contributed by atoms with Crippen LogP contribution in [0.1, 0.15) is 5.48 Å². The Morgan fingerprint density at radius 2 is 0.750 bits per heavy atom. The summed E-state index contributed by atoms with van der Waals surface area (Å²) in [6.45, 7) is 0. The van der Waals surface area contributed by atoms with E-state index in [1.165, 1.54) is 0 Å². The maximum Gasteiger partial charge on any atom is 0.0629 e. The molecule has 0 fully saturated rings. The minimum atomic E-state index is -0.247. The Morgan fingerprint density at radius 1 is 0.292 bits per heavy atom. The Kier molecular flexibility index (Phi) is 5.92. The van der Waals surface area contributed by atoms with Crippen molar-refractivity contribution in [1.82, 2.24) is 0 Å². The van der Waals surface area contributed by atoms with E-state index >= 15 is 0 Å². The Balaban J connectivity index is 1.54. The molecule has 9 rings (SSSR count). The molecule has 0 aliphatic carbocycles. The zero-order valence-electron chi connectivity index (χ0n) is 30.2. The van der Waals surface area contributed by atoms with Gasteiger partial charge in [0.05, 0.1) is 5.48 Å². The molecule has 0 atom stereocenters. The monoisotopic (exact) mass is 612 g/mol. The van der Waals surface area contributed by atoms with Crippen molar-refractivity contribution >= 4 is 32.3 Å². The van der Waals surface area contributed by atoms with E-state index in [0.29, 0.717) is 10.8 Å². The van der Waals surface area contributed by atoms with E-state index in [9.17, 15) is 2.74 Å². The molecule has 9 aromatic carbocycles. The summed E-state index contributed by atoms with van der Waals surface area (Å²) in [5.74, 6) is 0. The van der Waals surface area contributed by atoms with Gasteiger partial charge in [0.1, 0.15) is 0 Å². The minimum Gasteiger partial charge on any atom is -0.0622 e. The van der Waals surface area contributed by atoms with Gasteiger partial charge in [0.25, 0.3) is 0 Å². The van der Waals surface area contributed by atoms with Crippen molar-refractivity contribution in [2.24, 2.45) is 0 Å². The highest BCUT2D eigenvalue weighted by Crippen LogP contribution is 2.50. The normalized spacial score (nSPS) is 12.5. The number of rotatable bonds is 5. The topological polar surface area (TPSA) is 0 Å². The van der Waals surface area contributed by atoms with Crippen LogP contribution in [0.4, 0.5) is 0 Å². The van der Waals surface area contributed by atoms with Gasteiger partial charge in [0.2, 0.25) is 0 Å². The van der Waals surface area contributed by atoms with Gasteiger partial charge in [0, 0.05) is 0 Å². The lowest BCUT2D eigenvalue weighted by molar-refractivity contribution is 1.57. The molecule has 0 bridgehead atoms. The molecule has 0 unspecified atom stereocenters. The fourth-order valence-corrected chi connectivity index (χ4v) is 7.28. The van der Waals surface area contributed by atoms with Gasteiger partial charge in [-0.3, -0.25) is 0 Å². The van der Waals surface area contributed by atoms with Gasteiger partial charge in [-0.25, -0.2) is 0 Å². The maximum absolute atomic E-state index is 9.58. The Morgan fingerprint density at radius 3 is 1.35 bits per heavy atom. The van der Waals surface area contributed by atoms with E-state index < -0.39 is 0 Å². The standard InChI is InChI=1S/C48H32/c1-4-17-34(18-5-1)44-31-37(39-30-16-24-33-21-10-11-25-38(33)39)32-45(35-19-6-2-7-20-35)48(44)47-42-28-14-12-26-40(42)46(36-22-8-3-9-23-36)41-27-13-15-29-43(41)47/h1-32H/i12D,14D,26D,28D. The molecule has 0 radical (unpaired) electrons. The van der Waals surface area contributed by atoms with E-state index in [2.05, 4.69) is 91.0 Å². The van der Waals surface area contributed by atoms with Crippen molar-refractivity contribution < 1.29 is 5.48 Å². The minimum absolute atomic E-state index is 0.0447. The molecule has 0 aromatic heterocycles. The number of fused-ring (bicyclic) bond motifs is 3. The molecular formula is C48H32. The molecule has 0 amide bonds. The summed E-state index contributed by atoms with van der Waals surface area (Å²) in [5, 5.41) is 5.20.